The monoisotopic (exact) mass is 458 g/mol. The van der Waals surface area contributed by atoms with Crippen LogP contribution in [0.15, 0.2) is 42.6 Å². The summed E-state index contributed by atoms with van der Waals surface area (Å²) in [4.78, 5) is 17.7. The Bertz CT molecular complexity index is 1210. The Labute approximate surface area is 189 Å². The Kier molecular flexibility index (Phi) is 5.92. The maximum Gasteiger partial charge on any atom is 0.266 e. The quantitative estimate of drug-likeness (QED) is 0.568. The van der Waals surface area contributed by atoms with Gasteiger partial charge in [0.1, 0.15) is 11.6 Å². The molecule has 1 unspecified atom stereocenters. The normalized spacial score (nSPS) is 15.9. The summed E-state index contributed by atoms with van der Waals surface area (Å²) >= 11 is 0. The summed E-state index contributed by atoms with van der Waals surface area (Å²) in [5.41, 5.74) is 7.32. The predicted octanol–water partition coefficient (Wildman–Crippen LogP) is 4.51. The predicted molar refractivity (Wildman–Crippen MR) is 120 cm³/mol. The van der Waals surface area contributed by atoms with E-state index in [0.29, 0.717) is 30.0 Å². The van der Waals surface area contributed by atoms with Gasteiger partial charge < -0.3 is 20.7 Å². The number of carbonyl (C=O) groups is 1. The summed E-state index contributed by atoms with van der Waals surface area (Å²) in [5, 5.41) is 3.94. The average molecular weight is 458 g/mol. The smallest absolute Gasteiger partial charge is 0.266 e. The number of benzene rings is 2. The molecule has 174 valence electrons. The van der Waals surface area contributed by atoms with Gasteiger partial charge in [0.05, 0.1) is 29.8 Å². The SMILES string of the molecule is COc1cc2nccc(NC(C)c3cccc(C(F)F)c3F)c2cc1C1(N)CN(C(C)=O)C1. The third-order valence-corrected chi connectivity index (χ3v) is 6.12. The van der Waals surface area contributed by atoms with Crippen molar-refractivity contribution in [1.82, 2.24) is 9.88 Å². The van der Waals surface area contributed by atoms with Crippen molar-refractivity contribution in [2.24, 2.45) is 5.73 Å². The second-order valence-electron chi connectivity index (χ2n) is 8.38. The summed E-state index contributed by atoms with van der Waals surface area (Å²) in [6.07, 6.45) is -1.30. The molecule has 0 saturated carbocycles. The zero-order valence-electron chi connectivity index (χ0n) is 18.5. The molecule has 1 aliphatic heterocycles. The van der Waals surface area contributed by atoms with Crippen molar-refractivity contribution in [3.05, 3.63) is 65.1 Å². The molecule has 2 heterocycles. The number of nitrogens with two attached hydrogens (primary N) is 1. The van der Waals surface area contributed by atoms with Crippen LogP contribution in [0.4, 0.5) is 18.9 Å². The summed E-state index contributed by atoms with van der Waals surface area (Å²) in [5.74, 6) is -0.420. The van der Waals surface area contributed by atoms with Crippen molar-refractivity contribution in [3.8, 4) is 5.75 Å². The number of aromatic nitrogens is 1. The fourth-order valence-corrected chi connectivity index (χ4v) is 4.27. The van der Waals surface area contributed by atoms with E-state index in [0.717, 1.165) is 17.0 Å². The van der Waals surface area contributed by atoms with Crippen molar-refractivity contribution in [3.63, 3.8) is 0 Å². The zero-order chi connectivity index (χ0) is 23.9. The van der Waals surface area contributed by atoms with Crippen LogP contribution in [0.5, 0.6) is 5.75 Å². The highest BCUT2D eigenvalue weighted by molar-refractivity contribution is 5.93. The number of rotatable bonds is 6. The summed E-state index contributed by atoms with van der Waals surface area (Å²) < 4.78 is 46.5. The third kappa shape index (κ3) is 4.08. The minimum Gasteiger partial charge on any atom is -0.496 e. The van der Waals surface area contributed by atoms with E-state index in [-0.39, 0.29) is 11.5 Å². The standard InChI is InChI=1S/C24H25F3N4O2/c1-13(15-5-4-6-16(22(15)25)23(26)27)30-19-7-8-29-20-10-21(33-3)18(9-17(19)20)24(28)11-31(12-24)14(2)32/h4-10,13,23H,11-12,28H2,1-3H3,(H,29,30). The Hall–Kier alpha value is -3.33. The lowest BCUT2D eigenvalue weighted by molar-refractivity contribution is -0.136. The van der Waals surface area contributed by atoms with Gasteiger partial charge in [-0.2, -0.15) is 0 Å². The molecule has 3 aromatic rings. The van der Waals surface area contributed by atoms with Crippen molar-refractivity contribution in [2.45, 2.75) is 31.9 Å². The molecule has 33 heavy (non-hydrogen) atoms. The van der Waals surface area contributed by atoms with Gasteiger partial charge in [0.2, 0.25) is 5.91 Å². The Morgan fingerprint density at radius 2 is 1.94 bits per heavy atom. The molecule has 1 aromatic heterocycles. The molecular formula is C24H25F3N4O2. The largest absolute Gasteiger partial charge is 0.496 e. The number of fused-ring (bicyclic) bond motifs is 1. The van der Waals surface area contributed by atoms with Crippen LogP contribution in [0.2, 0.25) is 0 Å². The topological polar surface area (TPSA) is 80.5 Å². The number of nitrogens with zero attached hydrogens (tertiary/aromatic N) is 2. The second-order valence-corrected chi connectivity index (χ2v) is 8.38. The zero-order valence-corrected chi connectivity index (χ0v) is 18.5. The van der Waals surface area contributed by atoms with Crippen LogP contribution in [0.1, 0.15) is 43.0 Å². The lowest BCUT2D eigenvalue weighted by Crippen LogP contribution is -2.65. The van der Waals surface area contributed by atoms with E-state index in [2.05, 4.69) is 10.3 Å². The molecule has 3 N–H and O–H groups in total. The fourth-order valence-electron chi connectivity index (χ4n) is 4.27. The molecule has 4 rings (SSSR count). The van der Waals surface area contributed by atoms with E-state index in [4.69, 9.17) is 10.5 Å². The minimum atomic E-state index is -2.90. The maximum atomic E-state index is 14.7. The Morgan fingerprint density at radius 1 is 1.24 bits per heavy atom. The van der Waals surface area contributed by atoms with Crippen LogP contribution >= 0.6 is 0 Å². The number of hydrogen-bond donors (Lipinski definition) is 2. The van der Waals surface area contributed by atoms with E-state index in [9.17, 15) is 18.0 Å². The highest BCUT2D eigenvalue weighted by atomic mass is 19.3. The van der Waals surface area contributed by atoms with Crippen molar-refractivity contribution >= 4 is 22.5 Å². The number of pyridine rings is 1. The van der Waals surface area contributed by atoms with Gasteiger partial charge in [-0.3, -0.25) is 9.78 Å². The molecule has 0 aliphatic carbocycles. The first-order valence-corrected chi connectivity index (χ1v) is 10.5. The summed E-state index contributed by atoms with van der Waals surface area (Å²) in [6.45, 7) is 3.91. The van der Waals surface area contributed by atoms with Gasteiger partial charge in [0, 0.05) is 54.5 Å². The van der Waals surface area contributed by atoms with Crippen molar-refractivity contribution < 1.29 is 22.7 Å². The van der Waals surface area contributed by atoms with Crippen LogP contribution < -0.4 is 15.8 Å². The van der Waals surface area contributed by atoms with Gasteiger partial charge >= 0.3 is 0 Å². The first kappa shape index (κ1) is 22.8. The molecule has 1 saturated heterocycles. The van der Waals surface area contributed by atoms with Gasteiger partial charge in [-0.25, -0.2) is 13.2 Å². The first-order valence-electron chi connectivity index (χ1n) is 10.5. The number of ether oxygens (including phenoxy) is 1. The van der Waals surface area contributed by atoms with Crippen LogP contribution in [0.25, 0.3) is 10.9 Å². The lowest BCUT2D eigenvalue weighted by atomic mass is 9.82. The van der Waals surface area contributed by atoms with E-state index >= 15 is 0 Å². The number of anilines is 1. The Balaban J connectivity index is 1.72. The molecule has 0 spiro atoms. The molecule has 1 aliphatic rings. The van der Waals surface area contributed by atoms with Crippen LogP contribution in [-0.4, -0.2) is 36.0 Å². The lowest BCUT2D eigenvalue weighted by Gasteiger charge is -2.48. The molecular weight excluding hydrogens is 433 g/mol. The van der Waals surface area contributed by atoms with Crippen LogP contribution in [-0.2, 0) is 10.3 Å². The molecule has 9 heteroatoms. The number of alkyl halides is 2. The van der Waals surface area contributed by atoms with E-state index in [1.165, 1.54) is 19.1 Å². The highest BCUT2D eigenvalue weighted by Crippen LogP contribution is 2.40. The molecule has 0 radical (unpaired) electrons. The Morgan fingerprint density at radius 3 is 2.58 bits per heavy atom. The van der Waals surface area contributed by atoms with Crippen LogP contribution in [0.3, 0.4) is 0 Å². The molecule has 2 aromatic carbocycles. The molecule has 1 amide bonds. The molecule has 6 nitrogen and oxygen atoms in total. The molecule has 0 bridgehead atoms. The number of halogens is 3. The minimum absolute atomic E-state index is 0.0540. The number of amides is 1. The maximum absolute atomic E-state index is 14.7. The van der Waals surface area contributed by atoms with E-state index < -0.39 is 29.4 Å². The first-order chi connectivity index (χ1) is 15.6. The fraction of sp³-hybridized carbons (Fsp3) is 0.333. The third-order valence-electron chi connectivity index (χ3n) is 6.12. The molecule has 1 fully saturated rings. The van der Waals surface area contributed by atoms with Crippen molar-refractivity contribution in [2.75, 3.05) is 25.5 Å². The summed E-state index contributed by atoms with van der Waals surface area (Å²) in [7, 11) is 1.54. The number of likely N-dealkylation sites (tertiary alicyclic amines) is 1. The number of nitrogens with one attached hydrogen (secondary N) is 1. The molecule has 1 atom stereocenters. The van der Waals surface area contributed by atoms with Gasteiger partial charge in [0.15, 0.2) is 0 Å². The second kappa shape index (κ2) is 8.55. The number of carbonyl (C=O) groups excluding carboxylic acids is 1. The van der Waals surface area contributed by atoms with E-state index in [1.807, 2.05) is 6.07 Å². The number of hydrogen-bond acceptors (Lipinski definition) is 5. The van der Waals surface area contributed by atoms with Crippen LogP contribution in [0, 0.1) is 5.82 Å². The highest BCUT2D eigenvalue weighted by Gasteiger charge is 2.44. The van der Waals surface area contributed by atoms with Gasteiger partial charge in [0.25, 0.3) is 6.43 Å². The van der Waals surface area contributed by atoms with Crippen molar-refractivity contribution in [1.29, 1.82) is 0 Å². The average Bonchev–Trinajstić information content (AvgIpc) is 2.75. The van der Waals surface area contributed by atoms with Gasteiger partial charge in [-0.05, 0) is 19.1 Å². The number of methoxy groups -OCH3 is 1. The van der Waals surface area contributed by atoms with Gasteiger partial charge in [-0.1, -0.05) is 18.2 Å². The van der Waals surface area contributed by atoms with Gasteiger partial charge in [-0.15, -0.1) is 0 Å². The van der Waals surface area contributed by atoms with E-state index in [1.54, 1.807) is 37.3 Å². The summed E-state index contributed by atoms with van der Waals surface area (Å²) in [6, 6.07) is 8.75.